The Morgan fingerprint density at radius 1 is 0.973 bits per heavy atom. The Labute approximate surface area is 217 Å². The molecule has 0 spiro atoms. The second-order valence-electron chi connectivity index (χ2n) is 9.50. The number of nitrogens with one attached hydrogen (secondary N) is 1. The van der Waals surface area contributed by atoms with Crippen LogP contribution in [0.15, 0.2) is 66.7 Å². The van der Waals surface area contributed by atoms with Crippen molar-refractivity contribution in [3.63, 3.8) is 0 Å². The van der Waals surface area contributed by atoms with Crippen LogP contribution < -0.4 is 19.7 Å². The van der Waals surface area contributed by atoms with E-state index >= 15 is 0 Å². The average Bonchev–Trinajstić information content (AvgIpc) is 3.44. The Hall–Kier alpha value is -4.00. The molecule has 3 aromatic carbocycles. The monoisotopic (exact) mass is 500 g/mol. The van der Waals surface area contributed by atoms with Gasteiger partial charge in [-0.25, -0.2) is 0 Å². The van der Waals surface area contributed by atoms with Crippen LogP contribution in [0.2, 0.25) is 0 Å². The summed E-state index contributed by atoms with van der Waals surface area (Å²) in [4.78, 5) is 29.9. The lowest BCUT2D eigenvalue weighted by atomic mass is 9.99. The van der Waals surface area contributed by atoms with Gasteiger partial charge in [-0.3, -0.25) is 14.5 Å². The van der Waals surface area contributed by atoms with Gasteiger partial charge in [-0.15, -0.1) is 0 Å². The molecule has 1 fully saturated rings. The molecule has 1 aliphatic carbocycles. The maximum absolute atomic E-state index is 14.3. The van der Waals surface area contributed by atoms with E-state index in [4.69, 9.17) is 9.47 Å². The minimum absolute atomic E-state index is 0.0831. The van der Waals surface area contributed by atoms with Crippen LogP contribution in [0.3, 0.4) is 0 Å². The summed E-state index contributed by atoms with van der Waals surface area (Å²) in [5.74, 6) is 0.638. The number of carbonyl (C=O) groups is 2. The topological polar surface area (TPSA) is 88.1 Å². The smallest absolute Gasteiger partial charge is 0.259 e. The van der Waals surface area contributed by atoms with Crippen molar-refractivity contribution >= 4 is 17.5 Å². The zero-order chi connectivity index (χ0) is 25.8. The molecule has 0 saturated heterocycles. The van der Waals surface area contributed by atoms with Crippen molar-refractivity contribution in [2.45, 2.75) is 51.1 Å². The summed E-state index contributed by atoms with van der Waals surface area (Å²) in [5, 5.41) is 13.1. The van der Waals surface area contributed by atoms with Gasteiger partial charge in [-0.05, 0) is 66.8 Å². The third-order valence-electron chi connectivity index (χ3n) is 7.06. The number of phenols is 1. The van der Waals surface area contributed by atoms with Crippen molar-refractivity contribution in [1.82, 2.24) is 5.32 Å². The summed E-state index contributed by atoms with van der Waals surface area (Å²) in [7, 11) is 0. The highest BCUT2D eigenvalue weighted by Gasteiger charge is 2.36. The number of anilines is 1. The molecule has 0 aromatic heterocycles. The molecular formula is C30H32N2O5. The largest absolute Gasteiger partial charge is 0.508 e. The number of aromatic hydroxyl groups is 1. The number of hydrogen-bond acceptors (Lipinski definition) is 5. The number of rotatable bonds is 7. The summed E-state index contributed by atoms with van der Waals surface area (Å²) in [6.07, 6.45) is 4.69. The summed E-state index contributed by atoms with van der Waals surface area (Å²) in [6.45, 7) is 2.90. The second kappa shape index (κ2) is 10.9. The van der Waals surface area contributed by atoms with Gasteiger partial charge in [0.05, 0.1) is 0 Å². The third kappa shape index (κ3) is 5.26. The molecule has 2 aliphatic rings. The van der Waals surface area contributed by atoms with Crippen LogP contribution in [0.5, 0.6) is 17.2 Å². The zero-order valence-electron chi connectivity index (χ0n) is 21.0. The lowest BCUT2D eigenvalue weighted by Crippen LogP contribution is -2.46. The van der Waals surface area contributed by atoms with Crippen LogP contribution >= 0.6 is 0 Å². The molecule has 2 amide bonds. The van der Waals surface area contributed by atoms with E-state index in [1.165, 1.54) is 0 Å². The predicted octanol–water partition coefficient (Wildman–Crippen LogP) is 5.17. The molecule has 3 aromatic rings. The number of aryl methyl sites for hydroxylation is 1. The Kier molecular flexibility index (Phi) is 7.30. The van der Waals surface area contributed by atoms with E-state index in [0.29, 0.717) is 47.9 Å². The fourth-order valence-corrected chi connectivity index (χ4v) is 5.15. The highest BCUT2D eigenvalue weighted by Crippen LogP contribution is 2.36. The van der Waals surface area contributed by atoms with E-state index in [9.17, 15) is 14.7 Å². The summed E-state index contributed by atoms with van der Waals surface area (Å²) in [5.41, 5.74) is 2.63. The molecular weight excluding hydrogens is 468 g/mol. The van der Waals surface area contributed by atoms with Gasteiger partial charge in [0, 0.05) is 17.3 Å². The second-order valence-corrected chi connectivity index (χ2v) is 9.50. The van der Waals surface area contributed by atoms with Crippen LogP contribution in [-0.4, -0.2) is 36.2 Å². The number of nitrogens with zero attached hydrogens (tertiary/aromatic N) is 1. The van der Waals surface area contributed by atoms with E-state index in [0.717, 1.165) is 31.2 Å². The Morgan fingerprint density at radius 3 is 2.41 bits per heavy atom. The van der Waals surface area contributed by atoms with Crippen LogP contribution in [0.4, 0.5) is 5.69 Å². The van der Waals surface area contributed by atoms with Gasteiger partial charge in [-0.2, -0.15) is 0 Å². The number of hydrogen-bond donors (Lipinski definition) is 2. The van der Waals surface area contributed by atoms with Gasteiger partial charge in [-0.1, -0.05) is 50.1 Å². The van der Waals surface area contributed by atoms with Gasteiger partial charge >= 0.3 is 0 Å². The third-order valence-corrected chi connectivity index (χ3v) is 7.06. The molecule has 1 aliphatic heterocycles. The van der Waals surface area contributed by atoms with E-state index < -0.39 is 6.04 Å². The van der Waals surface area contributed by atoms with Crippen LogP contribution in [0.25, 0.3) is 0 Å². The number of phenolic OH excluding ortho intramolecular Hbond substituents is 1. The molecule has 5 rings (SSSR count). The molecule has 1 atom stereocenters. The Bertz CT molecular complexity index is 1270. The van der Waals surface area contributed by atoms with Crippen molar-refractivity contribution in [3.8, 4) is 17.2 Å². The first kappa shape index (κ1) is 24.7. The molecule has 1 unspecified atom stereocenters. The minimum Gasteiger partial charge on any atom is -0.508 e. The van der Waals surface area contributed by atoms with E-state index in [1.54, 1.807) is 47.4 Å². The highest BCUT2D eigenvalue weighted by atomic mass is 16.6. The lowest BCUT2D eigenvalue weighted by molar-refractivity contribution is -0.123. The standard InChI is InChI=1S/C30H32N2O5/c1-2-20-7-3-6-10-25(20)32(30(35)22-13-16-26-27(19-22)37-18-17-36-26)28(21-11-14-24(33)15-12-21)29(34)31-23-8-4-5-9-23/h3,6-7,10-16,19,23,28,33H,2,4-5,8-9,17-18H2,1H3,(H,31,34). The highest BCUT2D eigenvalue weighted by molar-refractivity contribution is 6.10. The first-order valence-electron chi connectivity index (χ1n) is 13.0. The van der Waals surface area contributed by atoms with Crippen LogP contribution in [-0.2, 0) is 11.2 Å². The quantitative estimate of drug-likeness (QED) is 0.467. The van der Waals surface area contributed by atoms with E-state index in [1.807, 2.05) is 31.2 Å². The van der Waals surface area contributed by atoms with Gasteiger partial charge in [0.2, 0.25) is 5.91 Å². The van der Waals surface area contributed by atoms with Gasteiger partial charge < -0.3 is 19.9 Å². The lowest BCUT2D eigenvalue weighted by Gasteiger charge is -2.34. The van der Waals surface area contributed by atoms with Crippen molar-refractivity contribution in [2.75, 3.05) is 18.1 Å². The van der Waals surface area contributed by atoms with Crippen LogP contribution in [0, 0.1) is 0 Å². The summed E-state index contributed by atoms with van der Waals surface area (Å²) >= 11 is 0. The fourth-order valence-electron chi connectivity index (χ4n) is 5.15. The molecule has 192 valence electrons. The minimum atomic E-state index is -0.936. The molecule has 2 N–H and O–H groups in total. The molecule has 0 bridgehead atoms. The maximum Gasteiger partial charge on any atom is 0.259 e. The summed E-state index contributed by atoms with van der Waals surface area (Å²) < 4.78 is 11.4. The van der Waals surface area contributed by atoms with Crippen molar-refractivity contribution in [3.05, 3.63) is 83.4 Å². The van der Waals surface area contributed by atoms with Gasteiger partial charge in [0.25, 0.3) is 5.91 Å². The molecule has 1 saturated carbocycles. The number of ether oxygens (including phenoxy) is 2. The molecule has 0 radical (unpaired) electrons. The zero-order valence-corrected chi connectivity index (χ0v) is 21.0. The number of fused-ring (bicyclic) bond motifs is 1. The summed E-state index contributed by atoms with van der Waals surface area (Å²) in [6, 6.07) is 18.4. The Morgan fingerprint density at radius 2 is 1.68 bits per heavy atom. The number of para-hydroxylation sites is 1. The normalized spacial score (nSPS) is 15.7. The SMILES string of the molecule is CCc1ccccc1N(C(=O)c1ccc2c(c1)OCCO2)C(C(=O)NC1CCCC1)c1ccc(O)cc1. The number of carbonyl (C=O) groups excluding carboxylic acids is 2. The fraction of sp³-hybridized carbons (Fsp3) is 0.333. The molecule has 37 heavy (non-hydrogen) atoms. The number of benzene rings is 3. The van der Waals surface area contributed by atoms with Crippen molar-refractivity contribution < 1.29 is 24.2 Å². The predicted molar refractivity (Wildman–Crippen MR) is 141 cm³/mol. The van der Waals surface area contributed by atoms with E-state index in [-0.39, 0.29) is 23.6 Å². The first-order valence-corrected chi connectivity index (χ1v) is 13.0. The molecule has 1 heterocycles. The first-order chi connectivity index (χ1) is 18.0. The molecule has 7 nitrogen and oxygen atoms in total. The average molecular weight is 501 g/mol. The van der Waals surface area contributed by atoms with E-state index in [2.05, 4.69) is 5.32 Å². The van der Waals surface area contributed by atoms with Crippen molar-refractivity contribution in [1.29, 1.82) is 0 Å². The van der Waals surface area contributed by atoms with Crippen molar-refractivity contribution in [2.24, 2.45) is 0 Å². The Balaban J connectivity index is 1.63. The molecule has 7 heteroatoms. The maximum atomic E-state index is 14.3. The number of amides is 2. The van der Waals surface area contributed by atoms with Crippen LogP contribution in [0.1, 0.15) is 60.1 Å². The van der Waals surface area contributed by atoms with Gasteiger partial charge in [0.1, 0.15) is 25.0 Å². The van der Waals surface area contributed by atoms with Gasteiger partial charge in [0.15, 0.2) is 11.5 Å².